The van der Waals surface area contributed by atoms with Crippen LogP contribution in [0, 0.1) is 5.92 Å². The molecule has 21 heavy (non-hydrogen) atoms. The highest BCUT2D eigenvalue weighted by atomic mass is 35.5. The monoisotopic (exact) mass is 336 g/mol. The minimum atomic E-state index is -4.37. The van der Waals surface area contributed by atoms with Crippen LogP contribution in [0.25, 0.3) is 6.08 Å². The average molecular weight is 337 g/mol. The molecule has 1 saturated carbocycles. The lowest BCUT2D eigenvalue weighted by molar-refractivity contribution is -0.0790. The van der Waals surface area contributed by atoms with Gasteiger partial charge in [0.25, 0.3) is 0 Å². The predicted molar refractivity (Wildman–Crippen MR) is 81.9 cm³/mol. The Morgan fingerprint density at radius 1 is 1.05 bits per heavy atom. The van der Waals surface area contributed by atoms with Gasteiger partial charge in [0.05, 0.1) is 0 Å². The van der Waals surface area contributed by atoms with Gasteiger partial charge in [0.1, 0.15) is 0 Å². The largest absolute Gasteiger partial charge is 0.409 e. The van der Waals surface area contributed by atoms with Gasteiger partial charge < -0.3 is 0 Å². The Balaban J connectivity index is 2.23. The summed E-state index contributed by atoms with van der Waals surface area (Å²) in [4.78, 5) is 0. The zero-order chi connectivity index (χ0) is 15.6. The number of allylic oxidation sites excluding steroid dienone is 1. The van der Waals surface area contributed by atoms with Crippen molar-refractivity contribution in [1.29, 1.82) is 0 Å². The van der Waals surface area contributed by atoms with Crippen molar-refractivity contribution >= 4 is 29.3 Å². The smallest absolute Gasteiger partial charge is 0.167 e. The van der Waals surface area contributed by atoms with Crippen LogP contribution in [0.15, 0.2) is 18.2 Å². The van der Waals surface area contributed by atoms with Crippen LogP contribution in [0.4, 0.5) is 13.2 Å². The normalized spacial score (nSPS) is 23.7. The number of alkyl halides is 3. The quantitative estimate of drug-likeness (QED) is 0.553. The Morgan fingerprint density at radius 3 is 2.05 bits per heavy atom. The Morgan fingerprint density at radius 2 is 1.57 bits per heavy atom. The number of benzene rings is 1. The van der Waals surface area contributed by atoms with E-state index in [4.69, 9.17) is 23.2 Å². The fourth-order valence-electron chi connectivity index (χ4n) is 2.77. The van der Waals surface area contributed by atoms with Crippen molar-refractivity contribution in [1.82, 2.24) is 0 Å². The van der Waals surface area contributed by atoms with Gasteiger partial charge in [-0.05, 0) is 48.4 Å². The van der Waals surface area contributed by atoms with Crippen LogP contribution in [0.5, 0.6) is 0 Å². The molecule has 0 aromatic heterocycles. The van der Waals surface area contributed by atoms with Crippen LogP contribution in [-0.4, -0.2) is 6.18 Å². The second kappa shape index (κ2) is 6.62. The van der Waals surface area contributed by atoms with Crippen LogP contribution in [0.3, 0.4) is 0 Å². The van der Waals surface area contributed by atoms with Gasteiger partial charge in [-0.25, -0.2) is 0 Å². The van der Waals surface area contributed by atoms with Gasteiger partial charge in [0.15, 0.2) is 0 Å². The van der Waals surface area contributed by atoms with Crippen molar-refractivity contribution < 1.29 is 13.2 Å². The Labute approximate surface area is 132 Å². The van der Waals surface area contributed by atoms with Crippen LogP contribution >= 0.6 is 23.2 Å². The van der Waals surface area contributed by atoms with Gasteiger partial charge in [-0.3, -0.25) is 0 Å². The molecule has 0 radical (unpaired) electrons. The molecule has 1 aliphatic carbocycles. The number of hydrogen-bond acceptors (Lipinski definition) is 0. The molecule has 1 aromatic rings. The molecule has 1 aromatic carbocycles. The molecule has 1 fully saturated rings. The summed E-state index contributed by atoms with van der Waals surface area (Å²) in [5.74, 6) is 1.14. The van der Waals surface area contributed by atoms with E-state index in [1.165, 1.54) is 0 Å². The van der Waals surface area contributed by atoms with E-state index in [9.17, 15) is 13.2 Å². The molecular formula is C16H17Cl2F3. The second-order valence-corrected chi connectivity index (χ2v) is 6.54. The molecule has 0 saturated heterocycles. The molecular weight excluding hydrogens is 320 g/mol. The van der Waals surface area contributed by atoms with Crippen LogP contribution < -0.4 is 0 Å². The lowest BCUT2D eigenvalue weighted by atomic mass is 9.79. The van der Waals surface area contributed by atoms with Gasteiger partial charge in [0, 0.05) is 21.7 Å². The molecule has 5 heteroatoms. The summed E-state index contributed by atoms with van der Waals surface area (Å²) >= 11 is 12.2. The van der Waals surface area contributed by atoms with Gasteiger partial charge in [-0.1, -0.05) is 43.0 Å². The van der Waals surface area contributed by atoms with E-state index in [-0.39, 0.29) is 21.7 Å². The lowest BCUT2D eigenvalue weighted by Crippen LogP contribution is -2.11. The molecule has 1 aliphatic rings. The first kappa shape index (κ1) is 16.7. The van der Waals surface area contributed by atoms with Crippen molar-refractivity contribution in [2.24, 2.45) is 5.92 Å². The van der Waals surface area contributed by atoms with Crippen molar-refractivity contribution in [3.63, 3.8) is 0 Å². The summed E-state index contributed by atoms with van der Waals surface area (Å²) in [7, 11) is 0. The third-order valence-corrected chi connectivity index (χ3v) is 4.65. The van der Waals surface area contributed by atoms with Crippen molar-refractivity contribution in [3.05, 3.63) is 39.4 Å². The summed E-state index contributed by atoms with van der Waals surface area (Å²) in [5.41, 5.74) is 1.25. The van der Waals surface area contributed by atoms with Gasteiger partial charge >= 0.3 is 6.18 Å². The molecule has 0 unspecified atom stereocenters. The fourth-order valence-corrected chi connectivity index (χ4v) is 3.40. The van der Waals surface area contributed by atoms with Crippen molar-refractivity contribution in [2.75, 3.05) is 0 Å². The number of halogens is 5. The van der Waals surface area contributed by atoms with E-state index >= 15 is 0 Å². The Hall–Kier alpha value is -0.670. The van der Waals surface area contributed by atoms with Crippen LogP contribution in [0.2, 0.25) is 10.0 Å². The summed E-state index contributed by atoms with van der Waals surface area (Å²) in [6, 6.07) is 3.51. The molecule has 0 bridgehead atoms. The Bertz CT molecular complexity index is 504. The van der Waals surface area contributed by atoms with E-state index in [2.05, 4.69) is 6.92 Å². The second-order valence-electron chi connectivity index (χ2n) is 5.73. The molecule has 2 rings (SSSR count). The lowest BCUT2D eigenvalue weighted by Gasteiger charge is -2.27. The van der Waals surface area contributed by atoms with E-state index in [1.54, 1.807) is 12.1 Å². The maximum Gasteiger partial charge on any atom is 0.409 e. The number of rotatable bonds is 2. The zero-order valence-electron chi connectivity index (χ0n) is 11.7. The number of hydrogen-bond donors (Lipinski definition) is 0. The van der Waals surface area contributed by atoms with E-state index in [0.29, 0.717) is 5.92 Å². The summed E-state index contributed by atoms with van der Waals surface area (Å²) in [6.45, 7) is 2.24. The third-order valence-electron chi connectivity index (χ3n) is 4.03. The van der Waals surface area contributed by atoms with Gasteiger partial charge in [-0.2, -0.15) is 13.2 Å². The first-order chi connectivity index (χ1) is 9.76. The maximum atomic E-state index is 12.2. The highest BCUT2D eigenvalue weighted by molar-refractivity contribution is 6.37. The van der Waals surface area contributed by atoms with Gasteiger partial charge in [-0.15, -0.1) is 0 Å². The van der Waals surface area contributed by atoms with Crippen molar-refractivity contribution in [2.45, 2.75) is 44.7 Å². The summed E-state index contributed by atoms with van der Waals surface area (Å²) in [5, 5.41) is 0.549. The first-order valence-electron chi connectivity index (χ1n) is 7.01. The SMILES string of the molecule is CC1CCC(c2cc(Cl)c(C=CC(F)(F)F)c(Cl)c2)CC1. The standard InChI is InChI=1S/C16H17Cl2F3/c1-10-2-4-11(5-3-10)12-8-14(17)13(15(18)9-12)6-7-16(19,20)21/h6-11H,2-5H2,1H3. The first-order valence-corrected chi connectivity index (χ1v) is 7.77. The Kier molecular flexibility index (Phi) is 5.26. The van der Waals surface area contributed by atoms with Crippen LogP contribution in [-0.2, 0) is 0 Å². The molecule has 0 atom stereocenters. The fraction of sp³-hybridized carbons (Fsp3) is 0.500. The van der Waals surface area contributed by atoms with Crippen LogP contribution in [0.1, 0.15) is 49.7 Å². The molecule has 0 amide bonds. The van der Waals surface area contributed by atoms with Crippen molar-refractivity contribution in [3.8, 4) is 0 Å². The van der Waals surface area contributed by atoms with E-state index in [0.717, 1.165) is 43.2 Å². The maximum absolute atomic E-state index is 12.2. The van der Waals surface area contributed by atoms with Gasteiger partial charge in [0.2, 0.25) is 0 Å². The topological polar surface area (TPSA) is 0 Å². The molecule has 0 heterocycles. The molecule has 116 valence electrons. The van der Waals surface area contributed by atoms with E-state index in [1.807, 2.05) is 0 Å². The minimum absolute atomic E-state index is 0.155. The summed E-state index contributed by atoms with van der Waals surface area (Å²) < 4.78 is 36.7. The molecule has 0 aliphatic heterocycles. The highest BCUT2D eigenvalue weighted by Crippen LogP contribution is 2.39. The predicted octanol–water partition coefficient (Wildman–Crippen LogP) is 6.86. The van der Waals surface area contributed by atoms with E-state index < -0.39 is 6.18 Å². The average Bonchev–Trinajstić information content (AvgIpc) is 2.37. The minimum Gasteiger partial charge on any atom is -0.167 e. The molecule has 0 N–H and O–H groups in total. The summed E-state index contributed by atoms with van der Waals surface area (Å²) in [6.07, 6.45) is 1.19. The highest BCUT2D eigenvalue weighted by Gasteiger charge is 2.23. The molecule has 0 spiro atoms. The zero-order valence-corrected chi connectivity index (χ0v) is 13.2. The third kappa shape index (κ3) is 4.65. The molecule has 0 nitrogen and oxygen atoms in total.